The summed E-state index contributed by atoms with van der Waals surface area (Å²) in [6.45, 7) is 0.118. The van der Waals surface area contributed by atoms with Crippen LogP contribution in [0.3, 0.4) is 0 Å². The van der Waals surface area contributed by atoms with Crippen molar-refractivity contribution >= 4 is 12.1 Å². The van der Waals surface area contributed by atoms with Crippen molar-refractivity contribution in [2.75, 3.05) is 14.2 Å². The maximum absolute atomic E-state index is 12.0. The van der Waals surface area contributed by atoms with Crippen LogP contribution in [-0.4, -0.2) is 26.3 Å². The molecule has 0 aliphatic heterocycles. The monoisotopic (exact) mass is 369 g/mol. The first-order valence-electron chi connectivity index (χ1n) is 8.51. The lowest BCUT2D eigenvalue weighted by atomic mass is 10.1. The van der Waals surface area contributed by atoms with Gasteiger partial charge in [-0.1, -0.05) is 48.5 Å². The van der Waals surface area contributed by atoms with Gasteiger partial charge in [-0.05, 0) is 36.1 Å². The number of esters is 1. The third kappa shape index (κ3) is 6.86. The summed E-state index contributed by atoms with van der Waals surface area (Å²) in [6, 6.07) is 16.9. The Kier molecular flexibility index (Phi) is 7.91. The van der Waals surface area contributed by atoms with E-state index in [4.69, 9.17) is 14.2 Å². The number of rotatable bonds is 8. The van der Waals surface area contributed by atoms with Gasteiger partial charge in [0, 0.05) is 0 Å². The number of hydrogen-bond donors (Lipinski definition) is 1. The van der Waals surface area contributed by atoms with E-state index in [-0.39, 0.29) is 12.3 Å². The number of nitrogens with one attached hydrogen (secondary N) is 1. The van der Waals surface area contributed by atoms with Gasteiger partial charge in [0.2, 0.25) is 0 Å². The van der Waals surface area contributed by atoms with Gasteiger partial charge in [0.1, 0.15) is 18.1 Å². The van der Waals surface area contributed by atoms with E-state index in [1.54, 1.807) is 13.2 Å². The van der Waals surface area contributed by atoms with Crippen molar-refractivity contribution < 1.29 is 23.8 Å². The minimum absolute atomic E-state index is 0.0593. The molecule has 0 aromatic heterocycles. The van der Waals surface area contributed by atoms with Crippen LogP contribution in [0.25, 0.3) is 0 Å². The first kappa shape index (κ1) is 20.0. The third-order valence-corrected chi connectivity index (χ3v) is 3.80. The van der Waals surface area contributed by atoms with Crippen molar-refractivity contribution in [1.82, 2.24) is 5.32 Å². The minimum atomic E-state index is -0.708. The quantitative estimate of drug-likeness (QED) is 0.568. The highest BCUT2D eigenvalue weighted by atomic mass is 16.6. The van der Waals surface area contributed by atoms with Gasteiger partial charge in [0.15, 0.2) is 0 Å². The topological polar surface area (TPSA) is 73.9 Å². The van der Waals surface area contributed by atoms with E-state index in [2.05, 4.69) is 5.32 Å². The second-order valence-electron chi connectivity index (χ2n) is 5.68. The van der Waals surface area contributed by atoms with Gasteiger partial charge in [0.05, 0.1) is 14.2 Å². The maximum Gasteiger partial charge on any atom is 0.412 e. The number of aryl methyl sites for hydroxylation is 1. The molecule has 0 bridgehead atoms. The molecule has 2 aromatic rings. The van der Waals surface area contributed by atoms with E-state index in [0.717, 1.165) is 16.9 Å². The van der Waals surface area contributed by atoms with Crippen molar-refractivity contribution in [3.8, 4) is 5.75 Å². The fourth-order valence-electron chi connectivity index (χ4n) is 2.34. The summed E-state index contributed by atoms with van der Waals surface area (Å²) < 4.78 is 15.0. The van der Waals surface area contributed by atoms with Crippen LogP contribution in [0.5, 0.6) is 5.75 Å². The highest BCUT2D eigenvalue weighted by Crippen LogP contribution is 2.13. The molecule has 0 saturated carbocycles. The zero-order valence-electron chi connectivity index (χ0n) is 15.4. The normalized spacial score (nSPS) is 10.8. The van der Waals surface area contributed by atoms with Crippen LogP contribution < -0.4 is 10.1 Å². The van der Waals surface area contributed by atoms with E-state index in [9.17, 15) is 9.59 Å². The molecule has 2 rings (SSSR count). The van der Waals surface area contributed by atoms with Crippen LogP contribution in [0.4, 0.5) is 4.79 Å². The van der Waals surface area contributed by atoms with E-state index in [0.29, 0.717) is 12.8 Å². The SMILES string of the molecule is COC(=O)/C(=C/CCc1ccc(OC)cc1)NC(=O)OCc1ccccc1. The van der Waals surface area contributed by atoms with Crippen LogP contribution in [0.2, 0.25) is 0 Å². The highest BCUT2D eigenvalue weighted by Gasteiger charge is 2.14. The van der Waals surface area contributed by atoms with Gasteiger partial charge in [0.25, 0.3) is 0 Å². The van der Waals surface area contributed by atoms with Crippen molar-refractivity contribution in [3.63, 3.8) is 0 Å². The summed E-state index contributed by atoms with van der Waals surface area (Å²) in [6.07, 6.45) is 2.17. The average molecular weight is 369 g/mol. The lowest BCUT2D eigenvalue weighted by molar-refractivity contribution is -0.136. The lowest BCUT2D eigenvalue weighted by Gasteiger charge is -2.09. The van der Waals surface area contributed by atoms with Crippen molar-refractivity contribution in [2.45, 2.75) is 19.4 Å². The smallest absolute Gasteiger partial charge is 0.412 e. The molecule has 0 saturated heterocycles. The van der Waals surface area contributed by atoms with Crippen molar-refractivity contribution in [3.05, 3.63) is 77.5 Å². The van der Waals surface area contributed by atoms with Crippen LogP contribution in [0.1, 0.15) is 17.5 Å². The number of amides is 1. The molecule has 0 fully saturated rings. The van der Waals surface area contributed by atoms with Crippen LogP contribution in [0.15, 0.2) is 66.4 Å². The zero-order chi connectivity index (χ0) is 19.5. The Labute approximate surface area is 158 Å². The molecule has 2 aromatic carbocycles. The summed E-state index contributed by atoms with van der Waals surface area (Å²) in [7, 11) is 2.87. The average Bonchev–Trinajstić information content (AvgIpc) is 2.72. The Bertz CT molecular complexity index is 769. The van der Waals surface area contributed by atoms with Crippen molar-refractivity contribution in [1.29, 1.82) is 0 Å². The predicted octanol–water partition coefficient (Wildman–Crippen LogP) is 3.61. The Hall–Kier alpha value is -3.28. The standard InChI is InChI=1S/C21H23NO5/c1-25-18-13-11-16(12-14-18)9-6-10-19(20(23)26-2)22-21(24)27-15-17-7-4-3-5-8-17/h3-5,7-8,10-14H,6,9,15H2,1-2H3,(H,22,24)/b19-10-. The molecule has 142 valence electrons. The number of allylic oxidation sites excluding steroid dienone is 1. The number of hydrogen-bond acceptors (Lipinski definition) is 5. The number of carbonyl (C=O) groups excluding carboxylic acids is 2. The molecule has 6 nitrogen and oxygen atoms in total. The summed E-state index contributed by atoms with van der Waals surface area (Å²) >= 11 is 0. The highest BCUT2D eigenvalue weighted by molar-refractivity contribution is 5.92. The molecular weight excluding hydrogens is 346 g/mol. The number of carbonyl (C=O) groups is 2. The third-order valence-electron chi connectivity index (χ3n) is 3.80. The van der Waals surface area contributed by atoms with Gasteiger partial charge < -0.3 is 14.2 Å². The van der Waals surface area contributed by atoms with Crippen LogP contribution in [0, 0.1) is 0 Å². The molecule has 0 unspecified atom stereocenters. The fraction of sp³-hybridized carbons (Fsp3) is 0.238. The van der Waals surface area contributed by atoms with Crippen LogP contribution >= 0.6 is 0 Å². The Balaban J connectivity index is 1.89. The number of benzene rings is 2. The Morgan fingerprint density at radius 2 is 1.67 bits per heavy atom. The minimum Gasteiger partial charge on any atom is -0.497 e. The van der Waals surface area contributed by atoms with E-state index in [1.165, 1.54) is 7.11 Å². The van der Waals surface area contributed by atoms with Crippen LogP contribution in [-0.2, 0) is 27.3 Å². The predicted molar refractivity (Wildman–Crippen MR) is 101 cm³/mol. The molecule has 0 radical (unpaired) electrons. The summed E-state index contributed by atoms with van der Waals surface area (Å²) in [5.41, 5.74) is 2.00. The lowest BCUT2D eigenvalue weighted by Crippen LogP contribution is -2.28. The summed E-state index contributed by atoms with van der Waals surface area (Å²) in [5, 5.41) is 2.45. The van der Waals surface area contributed by atoms with Crippen molar-refractivity contribution in [2.24, 2.45) is 0 Å². The van der Waals surface area contributed by atoms with Gasteiger partial charge >= 0.3 is 12.1 Å². The van der Waals surface area contributed by atoms with Gasteiger partial charge in [-0.3, -0.25) is 5.32 Å². The van der Waals surface area contributed by atoms with E-state index >= 15 is 0 Å². The number of ether oxygens (including phenoxy) is 3. The van der Waals surface area contributed by atoms with E-state index in [1.807, 2.05) is 54.6 Å². The first-order valence-corrected chi connectivity index (χ1v) is 8.51. The molecular formula is C21H23NO5. The maximum atomic E-state index is 12.0. The molecule has 6 heteroatoms. The summed E-state index contributed by atoms with van der Waals surface area (Å²) in [5.74, 6) is 0.161. The van der Waals surface area contributed by atoms with Gasteiger partial charge in [-0.2, -0.15) is 0 Å². The Morgan fingerprint density at radius 3 is 2.30 bits per heavy atom. The van der Waals surface area contributed by atoms with Gasteiger partial charge in [-0.15, -0.1) is 0 Å². The second kappa shape index (κ2) is 10.7. The second-order valence-corrected chi connectivity index (χ2v) is 5.68. The van der Waals surface area contributed by atoms with E-state index < -0.39 is 12.1 Å². The first-order chi connectivity index (χ1) is 13.1. The molecule has 0 aliphatic rings. The molecule has 0 aliphatic carbocycles. The fourth-order valence-corrected chi connectivity index (χ4v) is 2.34. The van der Waals surface area contributed by atoms with Gasteiger partial charge in [-0.25, -0.2) is 9.59 Å². The summed E-state index contributed by atoms with van der Waals surface area (Å²) in [4.78, 5) is 23.8. The molecule has 0 heterocycles. The zero-order valence-corrected chi connectivity index (χ0v) is 15.4. The molecule has 27 heavy (non-hydrogen) atoms. The Morgan fingerprint density at radius 1 is 0.963 bits per heavy atom. The molecule has 0 spiro atoms. The number of methoxy groups -OCH3 is 2. The molecule has 1 amide bonds. The largest absolute Gasteiger partial charge is 0.497 e. The molecule has 0 atom stereocenters. The number of alkyl carbamates (subject to hydrolysis) is 1. The molecule has 1 N–H and O–H groups in total.